The fraction of sp³-hybridized carbons (Fsp3) is 0.500. The first kappa shape index (κ1) is 10.1. The van der Waals surface area contributed by atoms with Gasteiger partial charge in [0, 0.05) is 18.8 Å². The lowest BCUT2D eigenvalue weighted by molar-refractivity contribution is -0.120. The van der Waals surface area contributed by atoms with E-state index in [1.54, 1.807) is 12.1 Å². The van der Waals surface area contributed by atoms with Crippen molar-refractivity contribution in [1.29, 1.82) is 0 Å². The van der Waals surface area contributed by atoms with Gasteiger partial charge in [-0.3, -0.25) is 9.59 Å². The smallest absolute Gasteiger partial charge is 0.201 e. The van der Waals surface area contributed by atoms with Gasteiger partial charge in [-0.1, -0.05) is 0 Å². The van der Waals surface area contributed by atoms with E-state index in [2.05, 4.69) is 0 Å². The van der Waals surface area contributed by atoms with Gasteiger partial charge in [-0.05, 0) is 31.9 Å². The van der Waals surface area contributed by atoms with Gasteiger partial charge >= 0.3 is 0 Å². The third kappa shape index (κ3) is 2.17. The molecule has 0 bridgehead atoms. The summed E-state index contributed by atoms with van der Waals surface area (Å²) in [7, 11) is 0. The molecule has 0 N–H and O–H groups in total. The minimum atomic E-state index is -0.0201. The van der Waals surface area contributed by atoms with Crippen LogP contribution in [0.3, 0.4) is 0 Å². The zero-order valence-electron chi connectivity index (χ0n) is 8.79. The van der Waals surface area contributed by atoms with Crippen molar-refractivity contribution in [2.45, 2.75) is 32.6 Å². The van der Waals surface area contributed by atoms with Gasteiger partial charge < -0.3 is 4.42 Å². The predicted molar refractivity (Wildman–Crippen MR) is 54.7 cm³/mol. The first-order chi connectivity index (χ1) is 7.16. The molecule has 1 aliphatic carbocycles. The minimum absolute atomic E-state index is 0.0201. The molecule has 0 radical (unpaired) electrons. The van der Waals surface area contributed by atoms with Crippen molar-refractivity contribution in [1.82, 2.24) is 0 Å². The van der Waals surface area contributed by atoms with Gasteiger partial charge in [-0.2, -0.15) is 0 Å². The Balaban J connectivity index is 2.05. The van der Waals surface area contributed by atoms with Crippen molar-refractivity contribution in [2.24, 2.45) is 5.92 Å². The molecule has 2 rings (SSSR count). The van der Waals surface area contributed by atoms with Crippen molar-refractivity contribution in [3.63, 3.8) is 0 Å². The molecule has 1 aromatic heterocycles. The molecule has 0 unspecified atom stereocenters. The number of aryl methyl sites for hydroxylation is 1. The quantitative estimate of drug-likeness (QED) is 0.698. The first-order valence-electron chi connectivity index (χ1n) is 5.29. The fourth-order valence-electron chi connectivity index (χ4n) is 1.97. The molecule has 0 spiro atoms. The third-order valence-corrected chi connectivity index (χ3v) is 2.90. The number of ketones is 2. The zero-order chi connectivity index (χ0) is 10.8. The third-order valence-electron chi connectivity index (χ3n) is 2.90. The lowest BCUT2D eigenvalue weighted by atomic mass is 9.85. The van der Waals surface area contributed by atoms with Gasteiger partial charge in [-0.15, -0.1) is 0 Å². The van der Waals surface area contributed by atoms with E-state index in [1.165, 1.54) is 0 Å². The number of furan rings is 1. The standard InChI is InChI=1S/C12H14O3/c1-8-2-7-11(15-8)12(14)9-3-5-10(13)6-4-9/h2,7,9H,3-6H2,1H3. The van der Waals surface area contributed by atoms with Gasteiger partial charge in [0.15, 0.2) is 5.76 Å². The number of carbonyl (C=O) groups excluding carboxylic acids is 2. The number of rotatable bonds is 2. The summed E-state index contributed by atoms with van der Waals surface area (Å²) in [6.07, 6.45) is 2.43. The highest BCUT2D eigenvalue weighted by molar-refractivity contribution is 5.96. The lowest BCUT2D eigenvalue weighted by Gasteiger charge is -2.18. The summed E-state index contributed by atoms with van der Waals surface area (Å²) in [5, 5.41) is 0. The molecule has 3 nitrogen and oxygen atoms in total. The average molecular weight is 206 g/mol. The first-order valence-corrected chi connectivity index (χ1v) is 5.29. The fourth-order valence-corrected chi connectivity index (χ4v) is 1.97. The second-order valence-electron chi connectivity index (χ2n) is 4.09. The maximum Gasteiger partial charge on any atom is 0.201 e. The van der Waals surface area contributed by atoms with Crippen LogP contribution in [0.4, 0.5) is 0 Å². The van der Waals surface area contributed by atoms with E-state index in [0.29, 0.717) is 31.4 Å². The molecule has 0 atom stereocenters. The molecule has 1 fully saturated rings. The molecule has 3 heteroatoms. The summed E-state index contributed by atoms with van der Waals surface area (Å²) in [6, 6.07) is 3.51. The predicted octanol–water partition coefficient (Wildman–Crippen LogP) is 2.53. The molecule has 1 aromatic rings. The van der Waals surface area contributed by atoms with E-state index >= 15 is 0 Å². The Labute approximate surface area is 88.5 Å². The SMILES string of the molecule is Cc1ccc(C(=O)C2CCC(=O)CC2)o1. The Hall–Kier alpha value is -1.38. The van der Waals surface area contributed by atoms with Crippen LogP contribution in [0.1, 0.15) is 42.0 Å². The van der Waals surface area contributed by atoms with Crippen LogP contribution in [0.2, 0.25) is 0 Å². The van der Waals surface area contributed by atoms with Crippen LogP contribution in [0.15, 0.2) is 16.5 Å². The van der Waals surface area contributed by atoms with Crippen molar-refractivity contribution in [3.8, 4) is 0 Å². The van der Waals surface area contributed by atoms with Crippen molar-refractivity contribution in [2.75, 3.05) is 0 Å². The second kappa shape index (κ2) is 4.01. The van der Waals surface area contributed by atoms with Crippen LogP contribution < -0.4 is 0 Å². The summed E-state index contributed by atoms with van der Waals surface area (Å²) in [4.78, 5) is 23.0. The maximum absolute atomic E-state index is 11.9. The van der Waals surface area contributed by atoms with Crippen LogP contribution in [-0.4, -0.2) is 11.6 Å². The molecule has 15 heavy (non-hydrogen) atoms. The van der Waals surface area contributed by atoms with Gasteiger partial charge in [-0.25, -0.2) is 0 Å². The Kier molecular flexibility index (Phi) is 2.71. The Morgan fingerprint density at radius 3 is 2.53 bits per heavy atom. The van der Waals surface area contributed by atoms with Crippen LogP contribution in [0, 0.1) is 12.8 Å². The molecule has 0 aliphatic heterocycles. The Morgan fingerprint density at radius 1 is 1.33 bits per heavy atom. The van der Waals surface area contributed by atoms with Gasteiger partial charge in [0.2, 0.25) is 5.78 Å². The van der Waals surface area contributed by atoms with E-state index < -0.39 is 0 Å². The summed E-state index contributed by atoms with van der Waals surface area (Å²) >= 11 is 0. The molecule has 1 heterocycles. The van der Waals surface area contributed by atoms with Gasteiger partial charge in [0.1, 0.15) is 11.5 Å². The molecular formula is C12H14O3. The molecule has 0 aromatic carbocycles. The average Bonchev–Trinajstić information content (AvgIpc) is 2.65. The van der Waals surface area contributed by atoms with Gasteiger partial charge in [0.05, 0.1) is 0 Å². The van der Waals surface area contributed by atoms with E-state index in [0.717, 1.165) is 5.76 Å². The monoisotopic (exact) mass is 206 g/mol. The molecule has 0 saturated heterocycles. The highest BCUT2D eigenvalue weighted by Gasteiger charge is 2.27. The topological polar surface area (TPSA) is 47.3 Å². The highest BCUT2D eigenvalue weighted by atomic mass is 16.3. The summed E-state index contributed by atoms with van der Waals surface area (Å²) in [6.45, 7) is 1.82. The van der Waals surface area contributed by atoms with Crippen LogP contribution >= 0.6 is 0 Å². The summed E-state index contributed by atoms with van der Waals surface area (Å²) < 4.78 is 5.29. The summed E-state index contributed by atoms with van der Waals surface area (Å²) in [5.41, 5.74) is 0. The van der Waals surface area contributed by atoms with Crippen LogP contribution in [0.5, 0.6) is 0 Å². The van der Waals surface area contributed by atoms with Crippen molar-refractivity contribution >= 4 is 11.6 Å². The highest BCUT2D eigenvalue weighted by Crippen LogP contribution is 2.25. The molecule has 1 aliphatic rings. The number of Topliss-reactive ketones (excluding diaryl/α,β-unsaturated/α-hetero) is 2. The van der Waals surface area contributed by atoms with E-state index in [1.807, 2.05) is 6.92 Å². The number of hydrogen-bond acceptors (Lipinski definition) is 3. The van der Waals surface area contributed by atoms with Crippen LogP contribution in [0.25, 0.3) is 0 Å². The number of hydrogen-bond donors (Lipinski definition) is 0. The van der Waals surface area contributed by atoms with Crippen molar-refractivity contribution < 1.29 is 14.0 Å². The maximum atomic E-state index is 11.9. The van der Waals surface area contributed by atoms with E-state index in [9.17, 15) is 9.59 Å². The molecule has 80 valence electrons. The molecule has 1 saturated carbocycles. The largest absolute Gasteiger partial charge is 0.458 e. The molecule has 0 amide bonds. The zero-order valence-corrected chi connectivity index (χ0v) is 8.79. The second-order valence-corrected chi connectivity index (χ2v) is 4.09. The number of carbonyl (C=O) groups is 2. The lowest BCUT2D eigenvalue weighted by Crippen LogP contribution is -2.21. The van der Waals surface area contributed by atoms with Crippen molar-refractivity contribution in [3.05, 3.63) is 23.7 Å². The van der Waals surface area contributed by atoms with E-state index in [4.69, 9.17) is 4.42 Å². The minimum Gasteiger partial charge on any atom is -0.458 e. The Bertz CT molecular complexity index is 379. The normalized spacial score (nSPS) is 18.1. The van der Waals surface area contributed by atoms with Crippen LogP contribution in [-0.2, 0) is 4.79 Å². The summed E-state index contributed by atoms with van der Waals surface area (Å²) in [5.74, 6) is 1.50. The van der Waals surface area contributed by atoms with E-state index in [-0.39, 0.29) is 17.5 Å². The Morgan fingerprint density at radius 2 is 2.00 bits per heavy atom. The van der Waals surface area contributed by atoms with Gasteiger partial charge in [0.25, 0.3) is 0 Å². The molecular weight excluding hydrogens is 192 g/mol.